The predicted octanol–water partition coefficient (Wildman–Crippen LogP) is -0.567. The first-order valence-electron chi connectivity index (χ1n) is 9.63. The molecule has 4 rings (SSSR count). The van der Waals surface area contributed by atoms with Crippen LogP contribution in [0, 0.1) is 0 Å². The normalized spacial score (nSPS) is 8.44. The number of aromatic nitrogens is 2. The van der Waals surface area contributed by atoms with Gasteiger partial charge in [-0.2, -0.15) is 0 Å². The summed E-state index contributed by atoms with van der Waals surface area (Å²) in [5, 5.41) is 37.6. The summed E-state index contributed by atoms with van der Waals surface area (Å²) in [7, 11) is 0. The van der Waals surface area contributed by atoms with Crippen LogP contribution in [0.15, 0.2) is 97.6 Å². The molecule has 0 aliphatic carbocycles. The summed E-state index contributed by atoms with van der Waals surface area (Å²) in [6, 6.07) is 17.3. The van der Waals surface area contributed by atoms with Crippen LogP contribution in [-0.2, 0) is 0 Å². The van der Waals surface area contributed by atoms with Crippen molar-refractivity contribution in [2.24, 2.45) is 0 Å². The SMILES string of the molecule is Nc1cc[nH+]cc1.Nc1cc[nH+]cc1.O.O.O=C(O)c1ccc([O-])cc1.O=C(O)c1ccc([O-])cc1. The lowest BCUT2D eigenvalue weighted by atomic mass is 10.2. The Hall–Kier alpha value is -5.20. The topological polar surface area (TPSA) is 264 Å². The van der Waals surface area contributed by atoms with Crippen molar-refractivity contribution in [3.05, 3.63) is 109 Å². The number of carbonyl (C=O) groups is 2. The number of carboxylic acid groups (broad SMARTS) is 2. The third-order valence-electron chi connectivity index (χ3n) is 3.69. The van der Waals surface area contributed by atoms with Crippen molar-refractivity contribution in [3.8, 4) is 11.5 Å². The molecule has 0 spiro atoms. The van der Waals surface area contributed by atoms with Gasteiger partial charge in [0, 0.05) is 35.6 Å². The summed E-state index contributed by atoms with van der Waals surface area (Å²) in [4.78, 5) is 26.1. The molecule has 0 amide bonds. The van der Waals surface area contributed by atoms with E-state index in [-0.39, 0.29) is 33.6 Å². The van der Waals surface area contributed by atoms with Crippen molar-refractivity contribution in [2.75, 3.05) is 11.5 Å². The third kappa shape index (κ3) is 14.8. The molecular weight excluding hydrogens is 472 g/mol. The standard InChI is InChI=1S/2C7H6O3.2C5H6N2.2H2O/c2*8-6-3-1-5(2-4-6)7(9)10;2*6-5-1-3-7-4-2-5;;/h2*1-4,8H,(H,9,10);2*1-4H,(H2,6,7);2*1H2. The van der Waals surface area contributed by atoms with E-state index < -0.39 is 11.9 Å². The number of rotatable bonds is 2. The van der Waals surface area contributed by atoms with Gasteiger partial charge in [0.1, 0.15) is 0 Å². The van der Waals surface area contributed by atoms with Crippen LogP contribution in [0.4, 0.5) is 11.4 Å². The first-order chi connectivity index (χ1) is 16.2. The molecule has 0 atom stereocenters. The van der Waals surface area contributed by atoms with E-state index in [4.69, 9.17) is 21.7 Å². The van der Waals surface area contributed by atoms with E-state index in [1.165, 1.54) is 48.5 Å². The number of anilines is 2. The summed E-state index contributed by atoms with van der Waals surface area (Å²) < 4.78 is 0. The summed E-state index contributed by atoms with van der Waals surface area (Å²) in [5.41, 5.74) is 12.5. The fourth-order valence-electron chi connectivity index (χ4n) is 1.99. The second-order valence-electron chi connectivity index (χ2n) is 6.33. The summed E-state index contributed by atoms with van der Waals surface area (Å²) >= 11 is 0. The maximum atomic E-state index is 10.5. The fraction of sp³-hybridized carbons (Fsp3) is 0. The monoisotopic (exact) mass is 500 g/mol. The second-order valence-corrected chi connectivity index (χ2v) is 6.33. The highest BCUT2D eigenvalue weighted by molar-refractivity contribution is 5.88. The number of benzene rings is 2. The lowest BCUT2D eigenvalue weighted by molar-refractivity contribution is -0.378. The Bertz CT molecular complexity index is 1040. The molecular formula is C24H28N4O8. The van der Waals surface area contributed by atoms with E-state index >= 15 is 0 Å². The highest BCUT2D eigenvalue weighted by atomic mass is 16.4. The molecule has 12 N–H and O–H groups in total. The maximum Gasteiger partial charge on any atom is 0.335 e. The highest BCUT2D eigenvalue weighted by Crippen LogP contribution is 2.06. The molecule has 0 bridgehead atoms. The number of aromatic amines is 2. The van der Waals surface area contributed by atoms with E-state index in [9.17, 15) is 19.8 Å². The van der Waals surface area contributed by atoms with Crippen LogP contribution >= 0.6 is 0 Å². The van der Waals surface area contributed by atoms with E-state index in [2.05, 4.69) is 9.97 Å². The van der Waals surface area contributed by atoms with Gasteiger partial charge in [-0.3, -0.25) is 0 Å². The molecule has 0 radical (unpaired) electrons. The van der Waals surface area contributed by atoms with E-state index in [1.807, 2.05) is 0 Å². The summed E-state index contributed by atoms with van der Waals surface area (Å²) in [6.07, 6.45) is 7.15. The van der Waals surface area contributed by atoms with Gasteiger partial charge in [0.05, 0.1) is 11.1 Å². The quantitative estimate of drug-likeness (QED) is 0.276. The molecule has 0 aliphatic rings. The van der Waals surface area contributed by atoms with Gasteiger partial charge < -0.3 is 42.8 Å². The van der Waals surface area contributed by atoms with Crippen LogP contribution < -0.4 is 31.6 Å². The largest absolute Gasteiger partial charge is 0.872 e. The molecule has 12 nitrogen and oxygen atoms in total. The van der Waals surface area contributed by atoms with Crippen LogP contribution in [0.25, 0.3) is 0 Å². The van der Waals surface area contributed by atoms with Crippen molar-refractivity contribution in [1.82, 2.24) is 0 Å². The Labute approximate surface area is 206 Å². The molecule has 0 fully saturated rings. The number of nitrogen functional groups attached to an aromatic ring is 2. The number of H-pyrrole nitrogens is 2. The second kappa shape index (κ2) is 18.3. The van der Waals surface area contributed by atoms with Crippen molar-refractivity contribution in [1.29, 1.82) is 0 Å². The summed E-state index contributed by atoms with van der Waals surface area (Å²) in [5.74, 6) is -2.38. The highest BCUT2D eigenvalue weighted by Gasteiger charge is 1.98. The van der Waals surface area contributed by atoms with Gasteiger partial charge in [0.15, 0.2) is 24.8 Å². The average Bonchev–Trinajstić information content (AvgIpc) is 2.82. The van der Waals surface area contributed by atoms with Crippen molar-refractivity contribution in [3.63, 3.8) is 0 Å². The van der Waals surface area contributed by atoms with Gasteiger partial charge in [0.25, 0.3) is 0 Å². The molecule has 4 aromatic rings. The number of hydrogen-bond acceptors (Lipinski definition) is 6. The van der Waals surface area contributed by atoms with Crippen LogP contribution in [0.2, 0.25) is 0 Å². The smallest absolute Gasteiger partial charge is 0.335 e. The van der Waals surface area contributed by atoms with Crippen LogP contribution in [-0.4, -0.2) is 33.1 Å². The molecule has 12 heteroatoms. The molecule has 0 aliphatic heterocycles. The van der Waals surface area contributed by atoms with Crippen LogP contribution in [0.1, 0.15) is 20.7 Å². The third-order valence-corrected chi connectivity index (χ3v) is 3.69. The molecule has 2 aromatic heterocycles. The van der Waals surface area contributed by atoms with E-state index in [1.54, 1.807) is 49.1 Å². The van der Waals surface area contributed by atoms with Gasteiger partial charge >= 0.3 is 11.9 Å². The number of pyridine rings is 2. The van der Waals surface area contributed by atoms with Gasteiger partial charge in [-0.05, 0) is 24.3 Å². The first kappa shape index (κ1) is 33.0. The van der Waals surface area contributed by atoms with Crippen molar-refractivity contribution in [2.45, 2.75) is 0 Å². The number of nitrogens with two attached hydrogens (primary N) is 2. The Morgan fingerprint density at radius 1 is 0.556 bits per heavy atom. The molecule has 2 aromatic carbocycles. The lowest BCUT2D eigenvalue weighted by Gasteiger charge is -2.02. The summed E-state index contributed by atoms with van der Waals surface area (Å²) in [6.45, 7) is 0. The minimum Gasteiger partial charge on any atom is -0.872 e. The number of nitrogens with one attached hydrogen (secondary N) is 2. The minimum atomic E-state index is -1.01. The lowest BCUT2D eigenvalue weighted by Crippen LogP contribution is -1.97. The van der Waals surface area contributed by atoms with Gasteiger partial charge in [-0.25, -0.2) is 19.6 Å². The maximum absolute atomic E-state index is 10.5. The van der Waals surface area contributed by atoms with Crippen molar-refractivity contribution >= 4 is 23.3 Å². The average molecular weight is 501 g/mol. The Morgan fingerprint density at radius 3 is 0.972 bits per heavy atom. The molecule has 0 unspecified atom stereocenters. The van der Waals surface area contributed by atoms with Crippen LogP contribution in [0.5, 0.6) is 11.5 Å². The number of aromatic carboxylic acids is 2. The molecule has 0 saturated carbocycles. The fourth-order valence-corrected chi connectivity index (χ4v) is 1.99. The zero-order valence-corrected chi connectivity index (χ0v) is 18.9. The molecule has 0 saturated heterocycles. The Morgan fingerprint density at radius 2 is 0.806 bits per heavy atom. The molecule has 36 heavy (non-hydrogen) atoms. The Kier molecular flexibility index (Phi) is 16.7. The number of carboxylic acids is 2. The predicted molar refractivity (Wildman–Crippen MR) is 128 cm³/mol. The Balaban J connectivity index is 0. The molecule has 2 heterocycles. The van der Waals surface area contributed by atoms with Gasteiger partial charge in [0.2, 0.25) is 0 Å². The van der Waals surface area contributed by atoms with Crippen molar-refractivity contribution < 1.29 is 50.9 Å². The van der Waals surface area contributed by atoms with Crippen LogP contribution in [0.3, 0.4) is 0 Å². The van der Waals surface area contributed by atoms with Gasteiger partial charge in [-0.15, -0.1) is 11.5 Å². The zero-order valence-electron chi connectivity index (χ0n) is 18.9. The molecule has 192 valence electrons. The first-order valence-corrected chi connectivity index (χ1v) is 9.63. The zero-order chi connectivity index (χ0) is 25.3. The van der Waals surface area contributed by atoms with E-state index in [0.717, 1.165) is 11.4 Å². The number of hydrogen-bond donors (Lipinski definition) is 4. The van der Waals surface area contributed by atoms with Gasteiger partial charge in [-0.1, -0.05) is 24.3 Å². The minimum absolute atomic E-state index is 0. The van der Waals surface area contributed by atoms with E-state index in [0.29, 0.717) is 0 Å².